The number of pyridine rings is 1. The number of aryl methyl sites for hydroxylation is 1. The number of halogens is 3. The minimum atomic E-state index is -5.08. The van der Waals surface area contributed by atoms with Crippen molar-refractivity contribution in [2.75, 3.05) is 24.5 Å². The fourth-order valence-electron chi connectivity index (χ4n) is 5.25. The van der Waals surface area contributed by atoms with Crippen LogP contribution in [-0.2, 0) is 10.3 Å². The maximum Gasteiger partial charge on any atom is 0.490 e. The molecule has 3 aromatic rings. The Balaban J connectivity index is 0.000000374. The van der Waals surface area contributed by atoms with Gasteiger partial charge >= 0.3 is 12.1 Å². The Bertz CT molecular complexity index is 1380. The Morgan fingerprint density at radius 3 is 2.55 bits per heavy atom. The van der Waals surface area contributed by atoms with Crippen molar-refractivity contribution in [2.45, 2.75) is 37.9 Å². The van der Waals surface area contributed by atoms with Crippen LogP contribution in [0.3, 0.4) is 0 Å². The summed E-state index contributed by atoms with van der Waals surface area (Å²) in [4.78, 5) is 31.4. The van der Waals surface area contributed by atoms with E-state index >= 15 is 0 Å². The quantitative estimate of drug-likeness (QED) is 0.520. The van der Waals surface area contributed by atoms with Crippen LogP contribution in [0.25, 0.3) is 5.82 Å². The third-order valence-electron chi connectivity index (χ3n) is 7.40. The fraction of sp³-hybridized carbons (Fsp3) is 0.370. The molecule has 1 aliphatic carbocycles. The first-order valence-corrected chi connectivity index (χ1v) is 12.3. The number of phenolic OH excluding ortho intramolecular Hbond substituents is 1. The SMILES string of the molecule is Cc1ccc(C(=O)N2CCC3(C2)c2cccn2-c2ncccc2N3CC2CC2)cc1O.O=C(O)C(F)(F)F. The maximum absolute atomic E-state index is 13.4. The van der Waals surface area contributed by atoms with Gasteiger partial charge in [-0.05, 0) is 74.1 Å². The van der Waals surface area contributed by atoms with Gasteiger partial charge in [0.15, 0.2) is 5.82 Å². The molecule has 1 aromatic carbocycles. The van der Waals surface area contributed by atoms with Gasteiger partial charge < -0.3 is 24.6 Å². The molecular formula is C27H27F3N4O4. The number of alkyl halides is 3. The van der Waals surface area contributed by atoms with Crippen LogP contribution in [0.4, 0.5) is 18.9 Å². The third kappa shape index (κ3) is 4.57. The highest BCUT2D eigenvalue weighted by atomic mass is 19.4. The van der Waals surface area contributed by atoms with E-state index < -0.39 is 12.1 Å². The fourth-order valence-corrected chi connectivity index (χ4v) is 5.25. The summed E-state index contributed by atoms with van der Waals surface area (Å²) in [6, 6.07) is 13.6. The summed E-state index contributed by atoms with van der Waals surface area (Å²) >= 11 is 0. The molecule has 1 amide bonds. The molecule has 1 saturated heterocycles. The molecular weight excluding hydrogens is 501 g/mol. The molecule has 0 bridgehead atoms. The number of carbonyl (C=O) groups excluding carboxylic acids is 1. The number of benzene rings is 1. The van der Waals surface area contributed by atoms with Crippen LogP contribution in [0.5, 0.6) is 5.75 Å². The van der Waals surface area contributed by atoms with Gasteiger partial charge in [0.25, 0.3) is 5.91 Å². The van der Waals surface area contributed by atoms with Gasteiger partial charge in [-0.3, -0.25) is 4.79 Å². The van der Waals surface area contributed by atoms with Gasteiger partial charge in [0.05, 0.1) is 11.4 Å². The van der Waals surface area contributed by atoms with E-state index in [9.17, 15) is 23.1 Å². The highest BCUT2D eigenvalue weighted by molar-refractivity contribution is 5.95. The normalized spacial score (nSPS) is 20.0. The van der Waals surface area contributed by atoms with Crippen molar-refractivity contribution in [1.82, 2.24) is 14.5 Å². The van der Waals surface area contributed by atoms with Crippen molar-refractivity contribution >= 4 is 17.6 Å². The smallest absolute Gasteiger partial charge is 0.490 e. The Morgan fingerprint density at radius 2 is 1.89 bits per heavy atom. The van der Waals surface area contributed by atoms with E-state index in [1.54, 1.807) is 6.07 Å². The maximum atomic E-state index is 13.4. The zero-order valence-electron chi connectivity index (χ0n) is 20.6. The number of phenols is 1. The van der Waals surface area contributed by atoms with E-state index in [-0.39, 0.29) is 17.2 Å². The molecule has 2 aliphatic heterocycles. The highest BCUT2D eigenvalue weighted by Gasteiger charge is 2.51. The summed E-state index contributed by atoms with van der Waals surface area (Å²) in [6.07, 6.45) is 2.27. The van der Waals surface area contributed by atoms with Crippen molar-refractivity contribution in [2.24, 2.45) is 5.92 Å². The monoisotopic (exact) mass is 528 g/mol. The summed E-state index contributed by atoms with van der Waals surface area (Å²) < 4.78 is 33.9. The Kier molecular flexibility index (Phi) is 6.32. The topological polar surface area (TPSA) is 98.9 Å². The summed E-state index contributed by atoms with van der Waals surface area (Å²) in [6.45, 7) is 4.16. The van der Waals surface area contributed by atoms with Crippen molar-refractivity contribution in [3.05, 3.63) is 71.7 Å². The van der Waals surface area contributed by atoms with Crippen LogP contribution < -0.4 is 4.90 Å². The van der Waals surface area contributed by atoms with Crippen molar-refractivity contribution in [1.29, 1.82) is 0 Å². The zero-order chi connectivity index (χ0) is 27.2. The second-order valence-electron chi connectivity index (χ2n) is 9.98. The number of aromatic hydroxyl groups is 1. The number of hydrogen-bond acceptors (Lipinski definition) is 5. The van der Waals surface area contributed by atoms with Crippen LogP contribution in [0.1, 0.15) is 40.9 Å². The molecule has 8 nitrogen and oxygen atoms in total. The number of carboxylic acid groups (broad SMARTS) is 1. The molecule has 1 atom stereocenters. The molecule has 1 saturated carbocycles. The number of likely N-dealkylation sites (tertiary alicyclic amines) is 1. The highest BCUT2D eigenvalue weighted by Crippen LogP contribution is 2.49. The number of amides is 1. The molecule has 0 radical (unpaired) electrons. The molecule has 2 aromatic heterocycles. The predicted molar refractivity (Wildman–Crippen MR) is 132 cm³/mol. The first kappa shape index (κ1) is 25.6. The minimum absolute atomic E-state index is 0.0198. The van der Waals surface area contributed by atoms with E-state index in [1.807, 2.05) is 36.2 Å². The molecule has 2 N–H and O–H groups in total. The molecule has 11 heteroatoms. The average Bonchev–Trinajstić information content (AvgIpc) is 3.37. The lowest BCUT2D eigenvalue weighted by Gasteiger charge is -2.47. The molecule has 2 fully saturated rings. The molecule has 200 valence electrons. The lowest BCUT2D eigenvalue weighted by atomic mass is 9.88. The Morgan fingerprint density at radius 1 is 1.16 bits per heavy atom. The molecule has 38 heavy (non-hydrogen) atoms. The van der Waals surface area contributed by atoms with Gasteiger partial charge in [0.1, 0.15) is 11.3 Å². The number of aromatic nitrogens is 2. The number of carbonyl (C=O) groups is 2. The number of carboxylic acids is 1. The summed E-state index contributed by atoms with van der Waals surface area (Å²) in [7, 11) is 0. The second kappa shape index (κ2) is 9.38. The number of rotatable bonds is 3. The van der Waals surface area contributed by atoms with Gasteiger partial charge in [0.2, 0.25) is 0 Å². The standard InChI is InChI=1S/C25H26N4O2.C2HF3O2/c1-17-6-9-19(14-21(17)30)24(31)27-13-10-25(16-27)22-5-3-12-28(22)23-20(4-2-11-26-23)29(25)15-18-7-8-18;3-2(4,5)1(6)7/h2-6,9,11-12,14,18,30H,7-8,10,13,15-16H2,1H3;(H,6,7). The molecule has 3 aliphatic rings. The van der Waals surface area contributed by atoms with Crippen molar-refractivity contribution in [3.63, 3.8) is 0 Å². The number of hydrogen-bond donors (Lipinski definition) is 2. The summed E-state index contributed by atoms with van der Waals surface area (Å²) in [5, 5.41) is 17.2. The van der Waals surface area contributed by atoms with Gasteiger partial charge in [-0.1, -0.05) is 6.07 Å². The van der Waals surface area contributed by atoms with Crippen LogP contribution in [-0.4, -0.2) is 62.4 Å². The van der Waals surface area contributed by atoms with E-state index in [0.29, 0.717) is 24.6 Å². The number of nitrogens with zero attached hydrogens (tertiary/aromatic N) is 4. The van der Waals surface area contributed by atoms with E-state index in [2.05, 4.69) is 33.9 Å². The molecule has 1 spiro atoms. The predicted octanol–water partition coefficient (Wildman–Crippen LogP) is 4.49. The number of aliphatic carboxylic acids is 1. The first-order valence-electron chi connectivity index (χ1n) is 12.3. The lowest BCUT2D eigenvalue weighted by molar-refractivity contribution is -0.192. The van der Waals surface area contributed by atoms with Gasteiger partial charge in [-0.2, -0.15) is 13.2 Å². The van der Waals surface area contributed by atoms with Gasteiger partial charge in [-0.15, -0.1) is 0 Å². The molecule has 6 rings (SSSR count). The van der Waals surface area contributed by atoms with Crippen LogP contribution in [0.15, 0.2) is 54.9 Å². The average molecular weight is 529 g/mol. The molecule has 1 unspecified atom stereocenters. The second-order valence-corrected chi connectivity index (χ2v) is 9.98. The zero-order valence-corrected chi connectivity index (χ0v) is 20.6. The lowest BCUT2D eigenvalue weighted by Crippen LogP contribution is -2.53. The van der Waals surface area contributed by atoms with Crippen LogP contribution >= 0.6 is 0 Å². The number of anilines is 1. The van der Waals surface area contributed by atoms with Crippen LogP contribution in [0.2, 0.25) is 0 Å². The minimum Gasteiger partial charge on any atom is -0.508 e. The van der Waals surface area contributed by atoms with E-state index in [4.69, 9.17) is 14.9 Å². The number of fused-ring (bicyclic) bond motifs is 4. The first-order chi connectivity index (χ1) is 18.0. The summed E-state index contributed by atoms with van der Waals surface area (Å²) in [5.41, 5.74) is 3.42. The van der Waals surface area contributed by atoms with Crippen molar-refractivity contribution in [3.8, 4) is 11.6 Å². The van der Waals surface area contributed by atoms with Crippen molar-refractivity contribution < 1.29 is 33.0 Å². The molecule has 4 heterocycles. The Labute approximate surface area is 216 Å². The van der Waals surface area contributed by atoms with Crippen LogP contribution in [0, 0.1) is 12.8 Å². The van der Waals surface area contributed by atoms with E-state index in [0.717, 1.165) is 30.0 Å². The largest absolute Gasteiger partial charge is 0.508 e. The Hall–Kier alpha value is -4.02. The van der Waals surface area contributed by atoms with Gasteiger partial charge in [0, 0.05) is 37.6 Å². The third-order valence-corrected chi connectivity index (χ3v) is 7.40. The van der Waals surface area contributed by atoms with E-state index in [1.165, 1.54) is 18.5 Å². The van der Waals surface area contributed by atoms with Gasteiger partial charge in [-0.25, -0.2) is 9.78 Å². The summed E-state index contributed by atoms with van der Waals surface area (Å²) in [5.74, 6) is -0.921.